The Balaban J connectivity index is 2.02. The first-order valence-corrected chi connectivity index (χ1v) is 7.19. The lowest BCUT2D eigenvalue weighted by Crippen LogP contribution is -2.11. The largest absolute Gasteiger partial charge is 0.484 e. The topological polar surface area (TPSA) is 26.3 Å². The number of ketones is 1. The van der Waals surface area contributed by atoms with Crippen LogP contribution >= 0.6 is 34.2 Å². The van der Waals surface area contributed by atoms with Crippen molar-refractivity contribution in [1.29, 1.82) is 0 Å². The van der Waals surface area contributed by atoms with Gasteiger partial charge in [0.05, 0.1) is 5.02 Å². The van der Waals surface area contributed by atoms with Crippen molar-refractivity contribution in [2.75, 3.05) is 6.61 Å². The van der Waals surface area contributed by atoms with E-state index in [1.165, 1.54) is 0 Å². The Morgan fingerprint density at radius 1 is 1.21 bits per heavy atom. The Morgan fingerprint density at radius 2 is 1.89 bits per heavy atom. The monoisotopic (exact) mass is 386 g/mol. The van der Waals surface area contributed by atoms with Crippen LogP contribution in [0, 0.1) is 10.5 Å². The minimum atomic E-state index is -0.0620. The molecule has 2 aromatic carbocycles. The number of ether oxygens (including phenoxy) is 1. The predicted octanol–water partition coefficient (Wildman–Crippen LogP) is 4.51. The molecule has 0 aromatic heterocycles. The van der Waals surface area contributed by atoms with Crippen LogP contribution in [-0.2, 0) is 0 Å². The third kappa shape index (κ3) is 3.94. The second-order valence-electron chi connectivity index (χ2n) is 4.15. The smallest absolute Gasteiger partial charge is 0.200 e. The maximum Gasteiger partial charge on any atom is 0.200 e. The molecule has 19 heavy (non-hydrogen) atoms. The second kappa shape index (κ2) is 6.39. The zero-order valence-electron chi connectivity index (χ0n) is 10.3. The van der Waals surface area contributed by atoms with Crippen molar-refractivity contribution >= 4 is 40.0 Å². The van der Waals surface area contributed by atoms with Crippen molar-refractivity contribution in [2.24, 2.45) is 0 Å². The standard InChI is InChI=1S/C15H12ClIO2/c1-10-2-7-15(13(16)8-10)19-9-14(18)11-3-5-12(17)6-4-11/h2-8H,9H2,1H3. The molecule has 2 aromatic rings. The molecule has 0 fully saturated rings. The molecule has 0 aliphatic rings. The SMILES string of the molecule is Cc1ccc(OCC(=O)c2ccc(I)cc2)c(Cl)c1. The molecular formula is C15H12ClIO2. The lowest BCUT2D eigenvalue weighted by molar-refractivity contribution is 0.0921. The van der Waals surface area contributed by atoms with E-state index in [4.69, 9.17) is 16.3 Å². The van der Waals surface area contributed by atoms with Gasteiger partial charge in [-0.05, 0) is 59.3 Å². The molecule has 98 valence electrons. The van der Waals surface area contributed by atoms with Gasteiger partial charge in [-0.3, -0.25) is 4.79 Å². The number of hydrogen-bond acceptors (Lipinski definition) is 2. The molecule has 0 unspecified atom stereocenters. The number of carbonyl (C=O) groups excluding carboxylic acids is 1. The normalized spacial score (nSPS) is 10.3. The minimum Gasteiger partial charge on any atom is -0.484 e. The summed E-state index contributed by atoms with van der Waals surface area (Å²) in [6, 6.07) is 12.9. The van der Waals surface area contributed by atoms with Crippen molar-refractivity contribution in [3.05, 3.63) is 62.2 Å². The Kier molecular flexibility index (Phi) is 4.82. The molecule has 0 radical (unpaired) electrons. The molecule has 0 spiro atoms. The quantitative estimate of drug-likeness (QED) is 0.571. The number of halogens is 2. The summed E-state index contributed by atoms with van der Waals surface area (Å²) < 4.78 is 6.55. The second-order valence-corrected chi connectivity index (χ2v) is 5.81. The summed E-state index contributed by atoms with van der Waals surface area (Å²) >= 11 is 8.24. The fraction of sp³-hybridized carbons (Fsp3) is 0.133. The fourth-order valence-electron chi connectivity index (χ4n) is 1.59. The Morgan fingerprint density at radius 3 is 2.53 bits per heavy atom. The van der Waals surface area contributed by atoms with E-state index in [1.807, 2.05) is 31.2 Å². The molecule has 0 N–H and O–H groups in total. The number of hydrogen-bond donors (Lipinski definition) is 0. The van der Waals surface area contributed by atoms with Gasteiger partial charge >= 0.3 is 0 Å². The van der Waals surface area contributed by atoms with Crippen molar-refractivity contribution in [3.63, 3.8) is 0 Å². The van der Waals surface area contributed by atoms with E-state index in [9.17, 15) is 4.79 Å². The summed E-state index contributed by atoms with van der Waals surface area (Å²) in [5.74, 6) is 0.471. The van der Waals surface area contributed by atoms with Gasteiger partial charge in [-0.1, -0.05) is 29.8 Å². The number of benzene rings is 2. The van der Waals surface area contributed by atoms with Crippen LogP contribution in [-0.4, -0.2) is 12.4 Å². The molecule has 0 atom stereocenters. The van der Waals surface area contributed by atoms with Crippen LogP contribution in [0.2, 0.25) is 5.02 Å². The van der Waals surface area contributed by atoms with E-state index in [2.05, 4.69) is 22.6 Å². The van der Waals surface area contributed by atoms with E-state index < -0.39 is 0 Å². The maximum absolute atomic E-state index is 11.9. The highest BCUT2D eigenvalue weighted by atomic mass is 127. The molecular weight excluding hydrogens is 375 g/mol. The van der Waals surface area contributed by atoms with Crippen molar-refractivity contribution < 1.29 is 9.53 Å². The average molecular weight is 387 g/mol. The van der Waals surface area contributed by atoms with E-state index in [0.717, 1.165) is 9.13 Å². The van der Waals surface area contributed by atoms with Gasteiger partial charge in [-0.25, -0.2) is 0 Å². The van der Waals surface area contributed by atoms with Gasteiger partial charge in [-0.2, -0.15) is 0 Å². The molecule has 2 rings (SSSR count). The molecule has 4 heteroatoms. The first-order chi connectivity index (χ1) is 9.06. The molecule has 0 saturated heterocycles. The number of carbonyl (C=O) groups is 1. The lowest BCUT2D eigenvalue weighted by Gasteiger charge is -2.08. The van der Waals surface area contributed by atoms with Gasteiger partial charge in [0, 0.05) is 9.13 Å². The third-order valence-corrected chi connectivity index (χ3v) is 3.63. The van der Waals surface area contributed by atoms with Crippen LogP contribution in [0.1, 0.15) is 15.9 Å². The highest BCUT2D eigenvalue weighted by Gasteiger charge is 2.08. The highest BCUT2D eigenvalue weighted by Crippen LogP contribution is 2.25. The maximum atomic E-state index is 11.9. The van der Waals surface area contributed by atoms with Gasteiger partial charge < -0.3 is 4.74 Å². The van der Waals surface area contributed by atoms with E-state index >= 15 is 0 Å². The fourth-order valence-corrected chi connectivity index (χ4v) is 2.23. The zero-order chi connectivity index (χ0) is 13.8. The number of Topliss-reactive ketones (excluding diaryl/α,β-unsaturated/α-hetero) is 1. The van der Waals surface area contributed by atoms with Crippen molar-refractivity contribution in [3.8, 4) is 5.75 Å². The molecule has 0 amide bonds. The number of rotatable bonds is 4. The third-order valence-electron chi connectivity index (χ3n) is 2.61. The van der Waals surface area contributed by atoms with Crippen molar-refractivity contribution in [1.82, 2.24) is 0 Å². The minimum absolute atomic E-state index is 0.0105. The van der Waals surface area contributed by atoms with Gasteiger partial charge in [0.15, 0.2) is 12.4 Å². The zero-order valence-corrected chi connectivity index (χ0v) is 13.2. The van der Waals surface area contributed by atoms with Crippen LogP contribution in [0.4, 0.5) is 0 Å². The van der Waals surface area contributed by atoms with Gasteiger partial charge in [0.1, 0.15) is 5.75 Å². The first kappa shape index (κ1) is 14.3. The predicted molar refractivity (Wildman–Crippen MR) is 85.2 cm³/mol. The molecule has 2 nitrogen and oxygen atoms in total. The Hall–Kier alpha value is -1.07. The van der Waals surface area contributed by atoms with Gasteiger partial charge in [0.25, 0.3) is 0 Å². The molecule has 0 bridgehead atoms. The van der Waals surface area contributed by atoms with Crippen LogP contribution in [0.3, 0.4) is 0 Å². The van der Waals surface area contributed by atoms with Crippen molar-refractivity contribution in [2.45, 2.75) is 6.92 Å². The average Bonchev–Trinajstić information content (AvgIpc) is 2.38. The summed E-state index contributed by atoms with van der Waals surface area (Å²) in [7, 11) is 0. The molecule has 0 aliphatic carbocycles. The summed E-state index contributed by atoms with van der Waals surface area (Å²) in [6.45, 7) is 1.94. The van der Waals surface area contributed by atoms with Crippen LogP contribution in [0.15, 0.2) is 42.5 Å². The summed E-state index contributed by atoms with van der Waals surface area (Å²) in [5, 5.41) is 0.524. The molecule has 0 heterocycles. The Labute approximate surface area is 130 Å². The van der Waals surface area contributed by atoms with E-state index in [1.54, 1.807) is 18.2 Å². The summed E-state index contributed by atoms with van der Waals surface area (Å²) in [6.07, 6.45) is 0. The Bertz CT molecular complexity index is 594. The van der Waals surface area contributed by atoms with Crippen LogP contribution in [0.5, 0.6) is 5.75 Å². The van der Waals surface area contributed by atoms with E-state index in [-0.39, 0.29) is 12.4 Å². The first-order valence-electron chi connectivity index (χ1n) is 5.74. The molecule has 0 aliphatic heterocycles. The number of aryl methyl sites for hydroxylation is 1. The summed E-state index contributed by atoms with van der Waals surface area (Å²) in [5.41, 5.74) is 1.70. The molecule has 0 saturated carbocycles. The van der Waals surface area contributed by atoms with Gasteiger partial charge in [-0.15, -0.1) is 0 Å². The van der Waals surface area contributed by atoms with Crippen LogP contribution < -0.4 is 4.74 Å². The summed E-state index contributed by atoms with van der Waals surface area (Å²) in [4.78, 5) is 11.9. The lowest BCUT2D eigenvalue weighted by atomic mass is 10.1. The highest BCUT2D eigenvalue weighted by molar-refractivity contribution is 14.1. The van der Waals surface area contributed by atoms with Crippen LogP contribution in [0.25, 0.3) is 0 Å². The van der Waals surface area contributed by atoms with Gasteiger partial charge in [0.2, 0.25) is 0 Å². The van der Waals surface area contributed by atoms with E-state index in [0.29, 0.717) is 16.3 Å².